The van der Waals surface area contributed by atoms with Crippen LogP contribution in [0.1, 0.15) is 37.4 Å². The van der Waals surface area contributed by atoms with Crippen molar-refractivity contribution in [2.45, 2.75) is 13.0 Å². The standard InChI is InChI=1S/C32H23ClN2O3/c33-29-18-25(34-31(36)27-11-5-4-10-26(27)24-15-16-38-20-24)13-14-28(29)32(37)35-19-23-9-2-1-7-21(23)17-22-8-3-6-12-30(22)35/h1-16,18,20H,17,19H2,(H,34,36). The molecule has 38 heavy (non-hydrogen) atoms. The molecule has 0 spiro atoms. The lowest BCUT2D eigenvalue weighted by Gasteiger charge is -2.24. The molecule has 0 saturated heterocycles. The van der Waals surface area contributed by atoms with Crippen LogP contribution in [-0.2, 0) is 13.0 Å². The number of nitrogens with one attached hydrogen (secondary N) is 1. The van der Waals surface area contributed by atoms with Gasteiger partial charge in [0.25, 0.3) is 11.8 Å². The van der Waals surface area contributed by atoms with Crippen molar-refractivity contribution in [3.63, 3.8) is 0 Å². The van der Waals surface area contributed by atoms with Gasteiger partial charge in [0.05, 0.1) is 29.7 Å². The number of hydrogen-bond acceptors (Lipinski definition) is 3. The van der Waals surface area contributed by atoms with Crippen molar-refractivity contribution >= 4 is 34.8 Å². The van der Waals surface area contributed by atoms with Gasteiger partial charge in [-0.2, -0.15) is 0 Å². The minimum Gasteiger partial charge on any atom is -0.472 e. The van der Waals surface area contributed by atoms with Crippen LogP contribution in [-0.4, -0.2) is 11.8 Å². The summed E-state index contributed by atoms with van der Waals surface area (Å²) in [5.74, 6) is -0.475. The van der Waals surface area contributed by atoms with Gasteiger partial charge in [-0.1, -0.05) is 72.3 Å². The Balaban J connectivity index is 1.28. The van der Waals surface area contributed by atoms with E-state index in [0.717, 1.165) is 34.4 Å². The number of furan rings is 1. The first kappa shape index (κ1) is 23.8. The van der Waals surface area contributed by atoms with Crippen LogP contribution < -0.4 is 10.2 Å². The molecule has 1 aliphatic heterocycles. The third-order valence-electron chi connectivity index (χ3n) is 6.82. The van der Waals surface area contributed by atoms with E-state index in [-0.39, 0.29) is 16.8 Å². The van der Waals surface area contributed by atoms with Gasteiger partial charge < -0.3 is 14.6 Å². The third kappa shape index (κ3) is 4.49. The van der Waals surface area contributed by atoms with E-state index in [2.05, 4.69) is 23.5 Å². The zero-order valence-corrected chi connectivity index (χ0v) is 21.1. The Morgan fingerprint density at radius 2 is 1.53 bits per heavy atom. The van der Waals surface area contributed by atoms with Crippen molar-refractivity contribution < 1.29 is 14.0 Å². The van der Waals surface area contributed by atoms with Crippen LogP contribution in [0, 0.1) is 0 Å². The van der Waals surface area contributed by atoms with E-state index in [4.69, 9.17) is 16.0 Å². The second-order valence-electron chi connectivity index (χ2n) is 9.17. The van der Waals surface area contributed by atoms with Crippen molar-refractivity contribution in [3.05, 3.63) is 142 Å². The summed E-state index contributed by atoms with van der Waals surface area (Å²) in [6.07, 6.45) is 3.93. The number of benzene rings is 4. The van der Waals surface area contributed by atoms with Gasteiger partial charge in [-0.15, -0.1) is 0 Å². The number of nitrogens with zero attached hydrogens (tertiary/aromatic N) is 1. The predicted molar refractivity (Wildman–Crippen MR) is 150 cm³/mol. The topological polar surface area (TPSA) is 62.6 Å². The van der Waals surface area contributed by atoms with Gasteiger partial charge in [0.2, 0.25) is 0 Å². The Morgan fingerprint density at radius 1 is 0.789 bits per heavy atom. The fourth-order valence-electron chi connectivity index (χ4n) is 4.91. The van der Waals surface area contributed by atoms with E-state index in [1.54, 1.807) is 41.7 Å². The highest BCUT2D eigenvalue weighted by Gasteiger charge is 2.26. The number of rotatable bonds is 4. The smallest absolute Gasteiger partial charge is 0.260 e. The third-order valence-corrected chi connectivity index (χ3v) is 7.13. The number of para-hydroxylation sites is 1. The van der Waals surface area contributed by atoms with Crippen LogP contribution >= 0.6 is 11.6 Å². The largest absolute Gasteiger partial charge is 0.472 e. The summed E-state index contributed by atoms with van der Waals surface area (Å²) in [6.45, 7) is 0.450. The maximum absolute atomic E-state index is 13.8. The molecule has 0 unspecified atom stereocenters. The molecule has 0 saturated carbocycles. The highest BCUT2D eigenvalue weighted by atomic mass is 35.5. The van der Waals surface area contributed by atoms with E-state index >= 15 is 0 Å². The van der Waals surface area contributed by atoms with Crippen molar-refractivity contribution in [1.82, 2.24) is 0 Å². The van der Waals surface area contributed by atoms with Crippen molar-refractivity contribution in [1.29, 1.82) is 0 Å². The molecular weight excluding hydrogens is 496 g/mol. The minimum absolute atomic E-state index is 0.192. The zero-order chi connectivity index (χ0) is 26.1. The van der Waals surface area contributed by atoms with Gasteiger partial charge in [0, 0.05) is 22.5 Å². The quantitative estimate of drug-likeness (QED) is 0.266. The fourth-order valence-corrected chi connectivity index (χ4v) is 5.17. The summed E-state index contributed by atoms with van der Waals surface area (Å²) >= 11 is 6.64. The van der Waals surface area contributed by atoms with Crippen molar-refractivity contribution in [2.75, 3.05) is 10.2 Å². The molecule has 1 N–H and O–H groups in total. The molecule has 0 aliphatic carbocycles. The summed E-state index contributed by atoms with van der Waals surface area (Å²) in [6, 6.07) is 30.2. The lowest BCUT2D eigenvalue weighted by Crippen LogP contribution is -2.30. The number of hydrogen-bond donors (Lipinski definition) is 1. The lowest BCUT2D eigenvalue weighted by atomic mass is 10.0. The van der Waals surface area contributed by atoms with E-state index in [1.165, 1.54) is 5.56 Å². The van der Waals surface area contributed by atoms with Crippen LogP contribution in [0.25, 0.3) is 11.1 Å². The van der Waals surface area contributed by atoms with Gasteiger partial charge in [0.1, 0.15) is 0 Å². The van der Waals surface area contributed by atoms with Gasteiger partial charge in [0.15, 0.2) is 0 Å². The first-order valence-corrected chi connectivity index (χ1v) is 12.7. The van der Waals surface area contributed by atoms with Crippen LogP contribution in [0.5, 0.6) is 0 Å². The molecule has 0 radical (unpaired) electrons. The molecule has 5 nitrogen and oxygen atoms in total. The summed E-state index contributed by atoms with van der Waals surface area (Å²) in [4.78, 5) is 28.7. The van der Waals surface area contributed by atoms with E-state index in [1.807, 2.05) is 54.6 Å². The Bertz CT molecular complexity index is 1660. The average Bonchev–Trinajstić information content (AvgIpc) is 3.42. The Labute approximate surface area is 225 Å². The molecule has 0 atom stereocenters. The molecule has 186 valence electrons. The molecule has 6 rings (SSSR count). The first-order valence-electron chi connectivity index (χ1n) is 12.3. The van der Waals surface area contributed by atoms with Crippen molar-refractivity contribution in [3.8, 4) is 11.1 Å². The normalized spacial score (nSPS) is 12.3. The second kappa shape index (κ2) is 10.0. The number of fused-ring (bicyclic) bond motifs is 2. The molecule has 6 heteroatoms. The number of amides is 2. The molecule has 2 amide bonds. The SMILES string of the molecule is O=C(Nc1ccc(C(=O)N2Cc3ccccc3Cc3ccccc32)c(Cl)c1)c1ccccc1-c1ccoc1. The maximum Gasteiger partial charge on any atom is 0.260 e. The molecule has 2 heterocycles. The van der Waals surface area contributed by atoms with E-state index in [0.29, 0.717) is 23.4 Å². The second-order valence-corrected chi connectivity index (χ2v) is 9.58. The molecule has 4 aromatic carbocycles. The van der Waals surface area contributed by atoms with E-state index < -0.39 is 0 Å². The monoisotopic (exact) mass is 518 g/mol. The Morgan fingerprint density at radius 3 is 2.32 bits per heavy atom. The summed E-state index contributed by atoms with van der Waals surface area (Å²) in [7, 11) is 0. The van der Waals surface area contributed by atoms with Crippen LogP contribution in [0.4, 0.5) is 11.4 Å². The highest BCUT2D eigenvalue weighted by molar-refractivity contribution is 6.35. The molecule has 1 aromatic heterocycles. The van der Waals surface area contributed by atoms with Gasteiger partial charge >= 0.3 is 0 Å². The van der Waals surface area contributed by atoms with Gasteiger partial charge in [-0.05, 0) is 65.1 Å². The molecule has 0 fully saturated rings. The summed E-state index contributed by atoms with van der Waals surface area (Å²) in [5.41, 5.74) is 7.22. The number of carbonyl (C=O) groups is 2. The molecule has 5 aromatic rings. The van der Waals surface area contributed by atoms with Crippen molar-refractivity contribution in [2.24, 2.45) is 0 Å². The fraction of sp³-hybridized carbons (Fsp3) is 0.0625. The number of carbonyl (C=O) groups excluding carboxylic acids is 2. The minimum atomic E-state index is -0.282. The Kier molecular flexibility index (Phi) is 6.28. The maximum atomic E-state index is 13.8. The summed E-state index contributed by atoms with van der Waals surface area (Å²) in [5, 5.41) is 3.18. The molecule has 0 bridgehead atoms. The van der Waals surface area contributed by atoms with Gasteiger partial charge in [-0.25, -0.2) is 0 Å². The molecular formula is C32H23ClN2O3. The lowest BCUT2D eigenvalue weighted by molar-refractivity contribution is 0.0984. The highest BCUT2D eigenvalue weighted by Crippen LogP contribution is 2.33. The van der Waals surface area contributed by atoms with Crippen LogP contribution in [0.2, 0.25) is 5.02 Å². The number of anilines is 2. The summed E-state index contributed by atoms with van der Waals surface area (Å²) < 4.78 is 5.19. The first-order chi connectivity index (χ1) is 18.6. The van der Waals surface area contributed by atoms with E-state index in [9.17, 15) is 9.59 Å². The van der Waals surface area contributed by atoms with Gasteiger partial charge in [-0.3, -0.25) is 9.59 Å². The molecule has 1 aliphatic rings. The number of halogens is 1. The zero-order valence-electron chi connectivity index (χ0n) is 20.4. The van der Waals surface area contributed by atoms with Crippen LogP contribution in [0.15, 0.2) is 114 Å². The Hall–Kier alpha value is -4.61. The predicted octanol–water partition coefficient (Wildman–Crippen LogP) is 7.60. The average molecular weight is 519 g/mol. The van der Waals surface area contributed by atoms with Crippen LogP contribution in [0.3, 0.4) is 0 Å².